The molecular weight excluding hydrogens is 426 g/mol. The van der Waals surface area contributed by atoms with Crippen molar-refractivity contribution in [3.05, 3.63) is 53.0 Å². The van der Waals surface area contributed by atoms with E-state index in [1.165, 1.54) is 4.80 Å². The lowest BCUT2D eigenvalue weighted by molar-refractivity contribution is -0.122. The van der Waals surface area contributed by atoms with Gasteiger partial charge in [-0.3, -0.25) is 4.79 Å². The molecule has 0 radical (unpaired) electrons. The first-order chi connectivity index (χ1) is 13.6. The number of amides is 1. The molecule has 0 unspecified atom stereocenters. The van der Waals surface area contributed by atoms with Crippen LogP contribution in [0.3, 0.4) is 0 Å². The predicted octanol–water partition coefficient (Wildman–Crippen LogP) is 2.70. The van der Waals surface area contributed by atoms with Crippen molar-refractivity contribution in [3.8, 4) is 22.9 Å². The second-order valence-corrected chi connectivity index (χ2v) is 6.67. The second kappa shape index (κ2) is 9.84. The second-order valence-electron chi connectivity index (χ2n) is 5.75. The van der Waals surface area contributed by atoms with Gasteiger partial charge in [-0.25, -0.2) is 0 Å². The van der Waals surface area contributed by atoms with Crippen LogP contribution in [0, 0.1) is 0 Å². The fourth-order valence-corrected chi connectivity index (χ4v) is 2.63. The zero-order valence-corrected chi connectivity index (χ0v) is 16.9. The van der Waals surface area contributed by atoms with Crippen molar-refractivity contribution in [1.29, 1.82) is 0 Å². The summed E-state index contributed by atoms with van der Waals surface area (Å²) in [4.78, 5) is 13.3. The van der Waals surface area contributed by atoms with Crippen molar-refractivity contribution in [2.45, 2.75) is 13.5 Å². The Morgan fingerprint density at radius 1 is 1.07 bits per heavy atom. The smallest absolute Gasteiger partial charge is 0.243 e. The van der Waals surface area contributed by atoms with Crippen LogP contribution in [0.15, 0.2) is 53.0 Å². The fraction of sp³-hybridized carbons (Fsp3) is 0.263. The Morgan fingerprint density at radius 2 is 1.75 bits per heavy atom. The lowest BCUT2D eigenvalue weighted by Crippen LogP contribution is -2.31. The molecular formula is C19H20BrN5O3. The topological polar surface area (TPSA) is 91.2 Å². The first-order valence-corrected chi connectivity index (χ1v) is 9.59. The average molecular weight is 446 g/mol. The van der Waals surface area contributed by atoms with E-state index < -0.39 is 0 Å². The summed E-state index contributed by atoms with van der Waals surface area (Å²) in [5, 5.41) is 14.9. The van der Waals surface area contributed by atoms with Crippen LogP contribution in [-0.2, 0) is 11.3 Å². The van der Waals surface area contributed by atoms with E-state index >= 15 is 0 Å². The number of nitrogens with one attached hydrogen (secondary N) is 1. The van der Waals surface area contributed by atoms with Gasteiger partial charge in [-0.15, -0.1) is 10.2 Å². The number of carbonyl (C=O) groups excluding carboxylic acids is 1. The largest absolute Gasteiger partial charge is 0.494 e. The Morgan fingerprint density at radius 3 is 2.43 bits per heavy atom. The van der Waals surface area contributed by atoms with E-state index in [1.807, 2.05) is 55.5 Å². The van der Waals surface area contributed by atoms with Crippen molar-refractivity contribution < 1.29 is 14.3 Å². The molecule has 8 nitrogen and oxygen atoms in total. The highest BCUT2D eigenvalue weighted by Crippen LogP contribution is 2.18. The zero-order chi connectivity index (χ0) is 19.8. The van der Waals surface area contributed by atoms with Gasteiger partial charge in [0.1, 0.15) is 24.7 Å². The number of ether oxygens (including phenoxy) is 2. The highest BCUT2D eigenvalue weighted by Gasteiger charge is 2.09. The van der Waals surface area contributed by atoms with Crippen LogP contribution in [0.4, 0.5) is 0 Å². The number of benzene rings is 2. The number of rotatable bonds is 9. The van der Waals surface area contributed by atoms with Crippen molar-refractivity contribution in [2.75, 3.05) is 19.8 Å². The Balaban J connectivity index is 1.40. The summed E-state index contributed by atoms with van der Waals surface area (Å²) < 4.78 is 11.9. The minimum absolute atomic E-state index is 0.00736. The molecule has 1 amide bonds. The molecule has 0 fully saturated rings. The van der Waals surface area contributed by atoms with Gasteiger partial charge < -0.3 is 14.8 Å². The van der Waals surface area contributed by atoms with Crippen LogP contribution in [0.1, 0.15) is 6.92 Å². The van der Waals surface area contributed by atoms with Crippen LogP contribution >= 0.6 is 15.9 Å². The maximum Gasteiger partial charge on any atom is 0.243 e. The molecule has 0 aliphatic rings. The summed E-state index contributed by atoms with van der Waals surface area (Å²) in [7, 11) is 0. The third kappa shape index (κ3) is 5.78. The summed E-state index contributed by atoms with van der Waals surface area (Å²) in [6.07, 6.45) is 0. The molecule has 3 rings (SSSR count). The number of tetrazole rings is 1. The third-order valence-corrected chi connectivity index (χ3v) is 4.20. The zero-order valence-electron chi connectivity index (χ0n) is 15.3. The first-order valence-electron chi connectivity index (χ1n) is 8.80. The minimum atomic E-state index is -0.213. The molecule has 0 atom stereocenters. The number of aromatic nitrogens is 4. The molecule has 0 aliphatic heterocycles. The number of hydrogen-bond donors (Lipinski definition) is 1. The van der Waals surface area contributed by atoms with Gasteiger partial charge in [0.2, 0.25) is 11.7 Å². The molecule has 3 aromatic rings. The standard InChI is InChI=1S/C19H20BrN5O3/c1-2-27-16-7-9-17(10-8-16)28-12-11-21-18(26)13-25-23-19(22-24-25)14-3-5-15(20)6-4-14/h3-10H,2,11-13H2,1H3,(H,21,26). The average Bonchev–Trinajstić information content (AvgIpc) is 3.15. The number of carbonyl (C=O) groups is 1. The van der Waals surface area contributed by atoms with E-state index in [4.69, 9.17) is 9.47 Å². The molecule has 0 spiro atoms. The van der Waals surface area contributed by atoms with Gasteiger partial charge in [0, 0.05) is 10.0 Å². The molecule has 1 N–H and O–H groups in total. The van der Waals surface area contributed by atoms with E-state index in [9.17, 15) is 4.79 Å². The van der Waals surface area contributed by atoms with Gasteiger partial charge >= 0.3 is 0 Å². The molecule has 0 aliphatic carbocycles. The third-order valence-electron chi connectivity index (χ3n) is 3.67. The van der Waals surface area contributed by atoms with E-state index in [-0.39, 0.29) is 12.5 Å². The van der Waals surface area contributed by atoms with Gasteiger partial charge in [-0.2, -0.15) is 4.80 Å². The quantitative estimate of drug-likeness (QED) is 0.509. The van der Waals surface area contributed by atoms with Crippen LogP contribution < -0.4 is 14.8 Å². The first kappa shape index (κ1) is 19.8. The Hall–Kier alpha value is -2.94. The molecule has 0 saturated heterocycles. The Kier molecular flexibility index (Phi) is 6.96. The minimum Gasteiger partial charge on any atom is -0.494 e. The van der Waals surface area contributed by atoms with Crippen molar-refractivity contribution >= 4 is 21.8 Å². The summed E-state index contributed by atoms with van der Waals surface area (Å²) in [5.41, 5.74) is 0.832. The van der Waals surface area contributed by atoms with Crippen molar-refractivity contribution in [1.82, 2.24) is 25.5 Å². The number of hydrogen-bond acceptors (Lipinski definition) is 6. The van der Waals surface area contributed by atoms with E-state index in [2.05, 4.69) is 36.7 Å². The van der Waals surface area contributed by atoms with E-state index in [0.29, 0.717) is 25.6 Å². The summed E-state index contributed by atoms with van der Waals surface area (Å²) in [5.74, 6) is 1.77. The van der Waals surface area contributed by atoms with Gasteiger partial charge in [0.25, 0.3) is 0 Å². The number of halogens is 1. The maximum atomic E-state index is 12.0. The van der Waals surface area contributed by atoms with Crippen LogP contribution in [0.25, 0.3) is 11.4 Å². The highest BCUT2D eigenvalue weighted by atomic mass is 79.9. The summed E-state index contributed by atoms with van der Waals surface area (Å²) >= 11 is 3.38. The lowest BCUT2D eigenvalue weighted by atomic mass is 10.2. The SMILES string of the molecule is CCOc1ccc(OCCNC(=O)Cn2nnc(-c3ccc(Br)cc3)n2)cc1. The van der Waals surface area contributed by atoms with E-state index in [0.717, 1.165) is 21.5 Å². The van der Waals surface area contributed by atoms with Crippen LogP contribution in [0.2, 0.25) is 0 Å². The molecule has 1 aromatic heterocycles. The molecule has 146 valence electrons. The molecule has 2 aromatic carbocycles. The molecule has 0 bridgehead atoms. The molecule has 0 saturated carbocycles. The Labute approximate surface area is 171 Å². The maximum absolute atomic E-state index is 12.0. The van der Waals surface area contributed by atoms with Crippen molar-refractivity contribution in [3.63, 3.8) is 0 Å². The van der Waals surface area contributed by atoms with Crippen molar-refractivity contribution in [2.24, 2.45) is 0 Å². The van der Waals surface area contributed by atoms with E-state index in [1.54, 1.807) is 0 Å². The van der Waals surface area contributed by atoms with Gasteiger partial charge in [0.05, 0.1) is 13.2 Å². The monoisotopic (exact) mass is 445 g/mol. The van der Waals surface area contributed by atoms with Crippen LogP contribution in [-0.4, -0.2) is 45.9 Å². The van der Waals surface area contributed by atoms with Gasteiger partial charge in [-0.1, -0.05) is 15.9 Å². The van der Waals surface area contributed by atoms with Gasteiger partial charge in [-0.05, 0) is 60.7 Å². The normalized spacial score (nSPS) is 10.5. The predicted molar refractivity (Wildman–Crippen MR) is 107 cm³/mol. The molecule has 28 heavy (non-hydrogen) atoms. The Bertz CT molecular complexity index is 897. The van der Waals surface area contributed by atoms with Crippen LogP contribution in [0.5, 0.6) is 11.5 Å². The lowest BCUT2D eigenvalue weighted by Gasteiger charge is -2.08. The van der Waals surface area contributed by atoms with Gasteiger partial charge in [0.15, 0.2) is 0 Å². The highest BCUT2D eigenvalue weighted by molar-refractivity contribution is 9.10. The number of nitrogens with zero attached hydrogens (tertiary/aromatic N) is 4. The molecule has 1 heterocycles. The summed E-state index contributed by atoms with van der Waals surface area (Å²) in [6.45, 7) is 3.28. The molecule has 9 heteroatoms. The summed E-state index contributed by atoms with van der Waals surface area (Å²) in [6, 6.07) is 14.9. The fourth-order valence-electron chi connectivity index (χ4n) is 2.37.